The molecule has 1 aliphatic rings. The van der Waals surface area contributed by atoms with E-state index in [1.165, 1.54) is 13.0 Å². The van der Waals surface area contributed by atoms with Gasteiger partial charge in [0.25, 0.3) is 5.91 Å². The summed E-state index contributed by atoms with van der Waals surface area (Å²) < 4.78 is 26.6. The molecule has 0 radical (unpaired) electrons. The van der Waals surface area contributed by atoms with Crippen molar-refractivity contribution >= 4 is 18.3 Å². The molecule has 6 heteroatoms. The van der Waals surface area contributed by atoms with Crippen molar-refractivity contribution in [1.29, 1.82) is 0 Å². The van der Waals surface area contributed by atoms with Crippen LogP contribution in [0.4, 0.5) is 8.78 Å². The number of carbonyl (C=O) groups excluding carboxylic acids is 1. The summed E-state index contributed by atoms with van der Waals surface area (Å²) in [5.41, 5.74) is 0.169. The predicted molar refractivity (Wildman–Crippen MR) is 71.7 cm³/mol. The van der Waals surface area contributed by atoms with Gasteiger partial charge in [0.05, 0.1) is 5.56 Å². The number of halogens is 3. The van der Waals surface area contributed by atoms with Gasteiger partial charge >= 0.3 is 0 Å². The number of hydrogen-bond acceptors (Lipinski definition) is 2. The summed E-state index contributed by atoms with van der Waals surface area (Å²) in [4.78, 5) is 11.9. The van der Waals surface area contributed by atoms with Gasteiger partial charge in [0, 0.05) is 18.7 Å². The Kier molecular flexibility index (Phi) is 5.69. The molecule has 3 nitrogen and oxygen atoms in total. The normalized spacial score (nSPS) is 18.6. The van der Waals surface area contributed by atoms with E-state index < -0.39 is 17.5 Å². The lowest BCUT2D eigenvalue weighted by Gasteiger charge is -2.23. The minimum atomic E-state index is -0.820. The second kappa shape index (κ2) is 6.82. The van der Waals surface area contributed by atoms with Crippen LogP contribution in [0.3, 0.4) is 0 Å². The molecule has 1 heterocycles. The van der Waals surface area contributed by atoms with E-state index >= 15 is 0 Å². The van der Waals surface area contributed by atoms with Gasteiger partial charge in [0.15, 0.2) is 0 Å². The van der Waals surface area contributed by atoms with Crippen LogP contribution in [0.15, 0.2) is 12.1 Å². The molecule has 0 unspecified atom stereocenters. The molecule has 2 rings (SSSR count). The molecule has 1 aliphatic heterocycles. The largest absolute Gasteiger partial charge is 0.348 e. The molecule has 106 valence electrons. The molecule has 2 N–H and O–H groups in total. The molecule has 1 atom stereocenters. The Labute approximate surface area is 117 Å². The van der Waals surface area contributed by atoms with Crippen LogP contribution in [0.5, 0.6) is 0 Å². The molecule has 19 heavy (non-hydrogen) atoms. The summed E-state index contributed by atoms with van der Waals surface area (Å²) >= 11 is 0. The van der Waals surface area contributed by atoms with Crippen molar-refractivity contribution in [2.45, 2.75) is 25.8 Å². The van der Waals surface area contributed by atoms with Crippen LogP contribution in [0.2, 0.25) is 0 Å². The van der Waals surface area contributed by atoms with E-state index in [4.69, 9.17) is 0 Å². The molecule has 0 aliphatic carbocycles. The van der Waals surface area contributed by atoms with Crippen molar-refractivity contribution in [3.05, 3.63) is 34.9 Å². The van der Waals surface area contributed by atoms with Gasteiger partial charge in [0.2, 0.25) is 0 Å². The molecule has 0 bridgehead atoms. The first-order chi connectivity index (χ1) is 8.58. The maximum atomic E-state index is 13.5. The first-order valence-corrected chi connectivity index (χ1v) is 6.05. The van der Waals surface area contributed by atoms with Gasteiger partial charge in [-0.3, -0.25) is 4.79 Å². The lowest BCUT2D eigenvalue weighted by atomic mass is 10.1. The maximum absolute atomic E-state index is 13.5. The Balaban J connectivity index is 0.00000180. The fraction of sp³-hybridized carbons (Fsp3) is 0.462. The fourth-order valence-corrected chi connectivity index (χ4v) is 2.07. The molecule has 1 aromatic rings. The zero-order valence-corrected chi connectivity index (χ0v) is 11.4. The Hall–Kier alpha value is -1.20. The summed E-state index contributed by atoms with van der Waals surface area (Å²) in [6.07, 6.45) is 1.86. The van der Waals surface area contributed by atoms with Gasteiger partial charge in [-0.1, -0.05) is 0 Å². The standard InChI is InChI=1S/C13H16F2N2O.ClH/c1-8-5-10(12(15)6-11(8)14)13(18)17-9-3-2-4-16-7-9;/h5-6,9,16H,2-4,7H2,1H3,(H,17,18);1H/t9-;/m0./s1. The minimum Gasteiger partial charge on any atom is -0.348 e. The average Bonchev–Trinajstić information content (AvgIpc) is 2.35. The molecule has 1 saturated heterocycles. The van der Waals surface area contributed by atoms with E-state index in [1.807, 2.05) is 0 Å². The maximum Gasteiger partial charge on any atom is 0.254 e. The number of benzene rings is 1. The van der Waals surface area contributed by atoms with E-state index in [1.54, 1.807) is 0 Å². The molecule has 0 saturated carbocycles. The Morgan fingerprint density at radius 2 is 2.11 bits per heavy atom. The van der Waals surface area contributed by atoms with Crippen LogP contribution in [0, 0.1) is 18.6 Å². The predicted octanol–water partition coefficient (Wildman–Crippen LogP) is 2.18. The highest BCUT2D eigenvalue weighted by molar-refractivity contribution is 5.94. The van der Waals surface area contributed by atoms with E-state index in [9.17, 15) is 13.6 Å². The van der Waals surface area contributed by atoms with Crippen LogP contribution in [0.1, 0.15) is 28.8 Å². The topological polar surface area (TPSA) is 41.1 Å². The molecule has 1 aromatic carbocycles. The van der Waals surface area contributed by atoms with Gasteiger partial charge in [-0.15, -0.1) is 12.4 Å². The average molecular weight is 291 g/mol. The van der Waals surface area contributed by atoms with Crippen molar-refractivity contribution in [3.63, 3.8) is 0 Å². The van der Waals surface area contributed by atoms with Crippen molar-refractivity contribution < 1.29 is 13.6 Å². The third-order valence-electron chi connectivity index (χ3n) is 3.13. The molecular formula is C13H17ClF2N2O. The monoisotopic (exact) mass is 290 g/mol. The minimum absolute atomic E-state index is 0. The SMILES string of the molecule is Cc1cc(C(=O)N[C@H]2CCCNC2)c(F)cc1F.Cl. The first-order valence-electron chi connectivity index (χ1n) is 6.05. The Morgan fingerprint density at radius 1 is 1.37 bits per heavy atom. The second-order valence-corrected chi connectivity index (χ2v) is 4.60. The molecule has 1 amide bonds. The third-order valence-corrected chi connectivity index (χ3v) is 3.13. The van der Waals surface area contributed by atoms with Crippen LogP contribution in [-0.2, 0) is 0 Å². The smallest absolute Gasteiger partial charge is 0.254 e. The number of amides is 1. The first kappa shape index (κ1) is 15.9. The van der Waals surface area contributed by atoms with Crippen molar-refractivity contribution in [2.24, 2.45) is 0 Å². The fourth-order valence-electron chi connectivity index (χ4n) is 2.07. The van der Waals surface area contributed by atoms with Gasteiger partial charge in [-0.2, -0.15) is 0 Å². The molecule has 0 spiro atoms. The number of carbonyl (C=O) groups is 1. The second-order valence-electron chi connectivity index (χ2n) is 4.60. The highest BCUT2D eigenvalue weighted by Gasteiger charge is 2.19. The Bertz CT molecular complexity index is 462. The lowest BCUT2D eigenvalue weighted by molar-refractivity contribution is 0.0926. The zero-order chi connectivity index (χ0) is 13.1. The van der Waals surface area contributed by atoms with E-state index in [-0.39, 0.29) is 29.6 Å². The van der Waals surface area contributed by atoms with Crippen molar-refractivity contribution in [1.82, 2.24) is 10.6 Å². The highest BCUT2D eigenvalue weighted by atomic mass is 35.5. The van der Waals surface area contributed by atoms with Crippen LogP contribution >= 0.6 is 12.4 Å². The lowest BCUT2D eigenvalue weighted by Crippen LogP contribution is -2.45. The van der Waals surface area contributed by atoms with Gasteiger partial charge in [-0.25, -0.2) is 8.78 Å². The summed E-state index contributed by atoms with van der Waals surface area (Å²) in [6.45, 7) is 3.14. The summed E-state index contributed by atoms with van der Waals surface area (Å²) in [6, 6.07) is 2.01. The summed E-state index contributed by atoms with van der Waals surface area (Å²) in [7, 11) is 0. The summed E-state index contributed by atoms with van der Waals surface area (Å²) in [5.74, 6) is -1.94. The number of hydrogen-bond donors (Lipinski definition) is 2. The highest BCUT2D eigenvalue weighted by Crippen LogP contribution is 2.14. The third kappa shape index (κ3) is 3.88. The Morgan fingerprint density at radius 3 is 2.74 bits per heavy atom. The number of aryl methyl sites for hydroxylation is 1. The van der Waals surface area contributed by atoms with Crippen molar-refractivity contribution in [2.75, 3.05) is 13.1 Å². The quantitative estimate of drug-likeness (QED) is 0.876. The number of piperidine rings is 1. The van der Waals surface area contributed by atoms with Gasteiger partial charge < -0.3 is 10.6 Å². The number of rotatable bonds is 2. The van der Waals surface area contributed by atoms with Crippen LogP contribution in [0.25, 0.3) is 0 Å². The number of nitrogens with one attached hydrogen (secondary N) is 2. The molecule has 1 fully saturated rings. The van der Waals surface area contributed by atoms with Crippen LogP contribution in [-0.4, -0.2) is 25.0 Å². The van der Waals surface area contributed by atoms with Crippen molar-refractivity contribution in [3.8, 4) is 0 Å². The van der Waals surface area contributed by atoms with E-state index in [2.05, 4.69) is 10.6 Å². The van der Waals surface area contributed by atoms with Crippen LogP contribution < -0.4 is 10.6 Å². The van der Waals surface area contributed by atoms with E-state index in [0.29, 0.717) is 6.54 Å². The van der Waals surface area contributed by atoms with Gasteiger partial charge in [0.1, 0.15) is 11.6 Å². The van der Waals surface area contributed by atoms with E-state index in [0.717, 1.165) is 25.5 Å². The zero-order valence-electron chi connectivity index (χ0n) is 10.6. The molecule has 0 aromatic heterocycles. The molecular weight excluding hydrogens is 274 g/mol. The van der Waals surface area contributed by atoms with Gasteiger partial charge in [-0.05, 0) is 37.9 Å². The summed E-state index contributed by atoms with van der Waals surface area (Å²) in [5, 5.41) is 5.92.